The number of piperidine rings is 1. The van der Waals surface area contributed by atoms with Gasteiger partial charge in [0.05, 0.1) is 24.3 Å². The Hall–Kier alpha value is -2.56. The summed E-state index contributed by atoms with van der Waals surface area (Å²) in [5.41, 5.74) is 3.46. The number of carbonyl (C=O) groups is 1. The number of ether oxygens (including phenoxy) is 1. The van der Waals surface area contributed by atoms with Gasteiger partial charge >= 0.3 is 6.09 Å². The highest BCUT2D eigenvalue weighted by Gasteiger charge is 2.38. The lowest BCUT2D eigenvalue weighted by atomic mass is 9.84. The van der Waals surface area contributed by atoms with E-state index in [-0.39, 0.29) is 18.2 Å². The second-order valence-electron chi connectivity index (χ2n) is 6.89. The highest BCUT2D eigenvalue weighted by molar-refractivity contribution is 5.73. The molecule has 0 N–H and O–H groups in total. The molecule has 1 amide bonds. The van der Waals surface area contributed by atoms with E-state index in [1.54, 1.807) is 0 Å². The van der Waals surface area contributed by atoms with Crippen molar-refractivity contribution in [3.05, 3.63) is 60.2 Å². The lowest BCUT2D eigenvalue weighted by Gasteiger charge is -2.44. The van der Waals surface area contributed by atoms with Crippen molar-refractivity contribution < 1.29 is 9.53 Å². The summed E-state index contributed by atoms with van der Waals surface area (Å²) in [6.45, 7) is 0.327. The van der Waals surface area contributed by atoms with E-state index in [2.05, 4.69) is 11.1 Å². The first-order valence-electron chi connectivity index (χ1n) is 8.89. The van der Waals surface area contributed by atoms with E-state index >= 15 is 0 Å². The van der Waals surface area contributed by atoms with Gasteiger partial charge in [0.1, 0.15) is 6.61 Å². The number of aryl methyl sites for hydroxylation is 1. The van der Waals surface area contributed by atoms with Gasteiger partial charge in [-0.1, -0.05) is 36.4 Å². The Morgan fingerprint density at radius 2 is 2.12 bits per heavy atom. The molecule has 1 aromatic heterocycles. The van der Waals surface area contributed by atoms with Gasteiger partial charge in [-0.3, -0.25) is 4.90 Å². The fraction of sp³-hybridized carbons (Fsp3) is 0.400. The predicted molar refractivity (Wildman–Crippen MR) is 95.7 cm³/mol. The monoisotopic (exact) mass is 337 g/mol. The molecule has 2 atom stereocenters. The average Bonchev–Trinajstić information content (AvgIpc) is 3.05. The van der Waals surface area contributed by atoms with Gasteiger partial charge in [0.2, 0.25) is 0 Å². The van der Waals surface area contributed by atoms with Gasteiger partial charge in [0.15, 0.2) is 0 Å². The van der Waals surface area contributed by atoms with Crippen LogP contribution in [-0.4, -0.2) is 32.6 Å². The molecule has 1 saturated heterocycles. The molecule has 3 heterocycles. The SMILES string of the molecule is Cn1cncc1C1=CC2CCCC(C1)N2C(=O)OCc1ccccc1. The third-order valence-electron chi connectivity index (χ3n) is 5.20. The molecular weight excluding hydrogens is 314 g/mol. The second kappa shape index (κ2) is 6.75. The molecule has 0 saturated carbocycles. The lowest BCUT2D eigenvalue weighted by molar-refractivity contribution is 0.0510. The normalized spacial score (nSPS) is 22.4. The zero-order valence-corrected chi connectivity index (χ0v) is 14.5. The molecule has 25 heavy (non-hydrogen) atoms. The number of benzene rings is 1. The zero-order valence-electron chi connectivity index (χ0n) is 14.5. The minimum atomic E-state index is -0.196. The largest absolute Gasteiger partial charge is 0.445 e. The summed E-state index contributed by atoms with van der Waals surface area (Å²) in [6, 6.07) is 10.2. The minimum Gasteiger partial charge on any atom is -0.445 e. The van der Waals surface area contributed by atoms with Crippen LogP contribution in [0, 0.1) is 0 Å². The number of nitrogens with zero attached hydrogens (tertiary/aromatic N) is 3. The molecule has 130 valence electrons. The minimum absolute atomic E-state index is 0.126. The van der Waals surface area contributed by atoms with E-state index < -0.39 is 0 Å². The molecule has 5 nitrogen and oxygen atoms in total. The van der Waals surface area contributed by atoms with Crippen LogP contribution in [0.3, 0.4) is 0 Å². The van der Waals surface area contributed by atoms with Gasteiger partial charge in [-0.05, 0) is 36.8 Å². The van der Waals surface area contributed by atoms with Crippen LogP contribution in [0.25, 0.3) is 5.57 Å². The molecule has 2 unspecified atom stereocenters. The Bertz CT molecular complexity index is 781. The Kier molecular flexibility index (Phi) is 4.30. The zero-order chi connectivity index (χ0) is 17.2. The van der Waals surface area contributed by atoms with Crippen molar-refractivity contribution in [2.45, 2.75) is 44.4 Å². The molecule has 0 aliphatic carbocycles. The Morgan fingerprint density at radius 3 is 2.84 bits per heavy atom. The molecule has 2 aliphatic heterocycles. The van der Waals surface area contributed by atoms with Crippen LogP contribution >= 0.6 is 0 Å². The first kappa shape index (κ1) is 15.9. The van der Waals surface area contributed by atoms with E-state index in [0.29, 0.717) is 6.61 Å². The molecule has 0 spiro atoms. The van der Waals surface area contributed by atoms with Crippen LogP contribution in [0.1, 0.15) is 36.9 Å². The molecule has 4 rings (SSSR count). The molecular formula is C20H23N3O2. The first-order chi connectivity index (χ1) is 12.2. The van der Waals surface area contributed by atoms with E-state index in [1.807, 2.05) is 59.4 Å². The van der Waals surface area contributed by atoms with Gasteiger partial charge < -0.3 is 9.30 Å². The van der Waals surface area contributed by atoms with Gasteiger partial charge in [-0.2, -0.15) is 0 Å². The van der Waals surface area contributed by atoms with Crippen LogP contribution in [-0.2, 0) is 18.4 Å². The summed E-state index contributed by atoms with van der Waals surface area (Å²) in [5, 5.41) is 0. The Labute approximate surface area is 147 Å². The van der Waals surface area contributed by atoms with Gasteiger partial charge in [-0.15, -0.1) is 0 Å². The van der Waals surface area contributed by atoms with Crippen LogP contribution in [0.2, 0.25) is 0 Å². The van der Waals surface area contributed by atoms with Crippen molar-refractivity contribution in [1.29, 1.82) is 0 Å². The highest BCUT2D eigenvalue weighted by atomic mass is 16.6. The molecule has 0 radical (unpaired) electrons. The summed E-state index contributed by atoms with van der Waals surface area (Å²) in [5.74, 6) is 0. The van der Waals surface area contributed by atoms with E-state index in [4.69, 9.17) is 4.74 Å². The number of hydrogen-bond donors (Lipinski definition) is 0. The number of hydrogen-bond acceptors (Lipinski definition) is 3. The van der Waals surface area contributed by atoms with Crippen LogP contribution in [0.4, 0.5) is 4.79 Å². The fourth-order valence-electron chi connectivity index (χ4n) is 3.96. The standard InChI is InChI=1S/C20H23N3O2/c1-22-14-21-12-19(22)16-10-17-8-5-9-18(11-16)23(17)20(24)25-13-15-6-3-2-4-7-15/h2-4,6-7,10,12,14,17-18H,5,8-9,11,13H2,1H3. The number of imidazole rings is 1. The summed E-state index contributed by atoms with van der Waals surface area (Å²) in [7, 11) is 2.01. The summed E-state index contributed by atoms with van der Waals surface area (Å²) in [4.78, 5) is 18.9. The maximum atomic E-state index is 12.7. The highest BCUT2D eigenvalue weighted by Crippen LogP contribution is 2.37. The van der Waals surface area contributed by atoms with Crippen molar-refractivity contribution in [2.75, 3.05) is 0 Å². The van der Waals surface area contributed by atoms with E-state index in [1.165, 1.54) is 5.57 Å². The third kappa shape index (κ3) is 3.18. The van der Waals surface area contributed by atoms with Crippen LogP contribution in [0.15, 0.2) is 48.9 Å². The summed E-state index contributed by atoms with van der Waals surface area (Å²) < 4.78 is 7.64. The topological polar surface area (TPSA) is 47.4 Å². The number of aromatic nitrogens is 2. The molecule has 5 heteroatoms. The smallest absolute Gasteiger partial charge is 0.410 e. The average molecular weight is 337 g/mol. The molecule has 1 fully saturated rings. The van der Waals surface area contributed by atoms with E-state index in [9.17, 15) is 4.79 Å². The summed E-state index contributed by atoms with van der Waals surface area (Å²) >= 11 is 0. The molecule has 2 bridgehead atoms. The van der Waals surface area contributed by atoms with Crippen molar-refractivity contribution in [1.82, 2.24) is 14.5 Å². The van der Waals surface area contributed by atoms with Crippen molar-refractivity contribution in [3.63, 3.8) is 0 Å². The Balaban J connectivity index is 1.50. The van der Waals surface area contributed by atoms with Gasteiger partial charge in [0, 0.05) is 13.1 Å². The van der Waals surface area contributed by atoms with Crippen LogP contribution < -0.4 is 0 Å². The predicted octanol–water partition coefficient (Wildman–Crippen LogP) is 3.77. The lowest BCUT2D eigenvalue weighted by Crippen LogP contribution is -2.51. The van der Waals surface area contributed by atoms with Crippen LogP contribution in [0.5, 0.6) is 0 Å². The maximum absolute atomic E-state index is 12.7. The number of carbonyl (C=O) groups excluding carboxylic acids is 1. The van der Waals surface area contributed by atoms with E-state index in [0.717, 1.165) is 36.9 Å². The quantitative estimate of drug-likeness (QED) is 0.856. The summed E-state index contributed by atoms with van der Waals surface area (Å²) in [6.07, 6.45) is 9.83. The van der Waals surface area contributed by atoms with Gasteiger partial charge in [-0.25, -0.2) is 9.78 Å². The number of amides is 1. The molecule has 2 aliphatic rings. The van der Waals surface area contributed by atoms with Gasteiger partial charge in [0.25, 0.3) is 0 Å². The third-order valence-corrected chi connectivity index (χ3v) is 5.20. The molecule has 1 aromatic carbocycles. The maximum Gasteiger partial charge on any atom is 0.410 e. The number of rotatable bonds is 3. The van der Waals surface area contributed by atoms with Crippen molar-refractivity contribution in [2.24, 2.45) is 7.05 Å². The Morgan fingerprint density at radius 1 is 1.28 bits per heavy atom. The molecule has 2 aromatic rings. The van der Waals surface area contributed by atoms with Crippen molar-refractivity contribution >= 4 is 11.7 Å². The fourth-order valence-corrected chi connectivity index (χ4v) is 3.96. The van der Waals surface area contributed by atoms with Crippen molar-refractivity contribution in [3.8, 4) is 0 Å². The first-order valence-corrected chi connectivity index (χ1v) is 8.89. The number of fused-ring (bicyclic) bond motifs is 2. The second-order valence-corrected chi connectivity index (χ2v) is 6.89.